The molecule has 0 radical (unpaired) electrons. The molecule has 2 N–H and O–H groups in total. The molecule has 0 bridgehead atoms. The second-order valence-corrected chi connectivity index (χ2v) is 11.2. The number of amides is 1. The van der Waals surface area contributed by atoms with Crippen molar-refractivity contribution in [3.63, 3.8) is 0 Å². The lowest BCUT2D eigenvalue weighted by atomic mass is 9.82. The van der Waals surface area contributed by atoms with Crippen molar-refractivity contribution in [2.24, 2.45) is 5.92 Å². The van der Waals surface area contributed by atoms with E-state index in [4.69, 9.17) is 0 Å². The van der Waals surface area contributed by atoms with Crippen molar-refractivity contribution in [3.8, 4) is 11.1 Å². The molecule has 2 aliphatic rings. The third-order valence-corrected chi connectivity index (χ3v) is 8.94. The van der Waals surface area contributed by atoms with Crippen LogP contribution in [0.4, 0.5) is 5.69 Å². The van der Waals surface area contributed by atoms with Gasteiger partial charge in [-0.05, 0) is 59.5 Å². The smallest absolute Gasteiger partial charge is 0.253 e. The van der Waals surface area contributed by atoms with Crippen LogP contribution >= 0.6 is 0 Å². The van der Waals surface area contributed by atoms with Crippen molar-refractivity contribution in [2.45, 2.75) is 23.4 Å². The van der Waals surface area contributed by atoms with Crippen LogP contribution in [0.1, 0.15) is 28.4 Å². The van der Waals surface area contributed by atoms with E-state index in [1.807, 2.05) is 42.5 Å². The normalized spacial score (nSPS) is 21.6. The second-order valence-electron chi connectivity index (χ2n) is 9.34. The first-order valence-electron chi connectivity index (χ1n) is 11.7. The van der Waals surface area contributed by atoms with E-state index in [1.165, 1.54) is 0 Å². The molecule has 2 heterocycles. The first kappa shape index (κ1) is 23.5. The number of anilines is 1. The van der Waals surface area contributed by atoms with E-state index in [1.54, 1.807) is 53.6 Å². The predicted molar refractivity (Wildman–Crippen MR) is 136 cm³/mol. The number of aliphatic hydroxyl groups is 1. The number of nitrogens with zero attached hydrogens (tertiary/aromatic N) is 2. The molecule has 0 unspecified atom stereocenters. The minimum absolute atomic E-state index is 0.0404. The molecule has 2 aliphatic heterocycles. The molecule has 1 fully saturated rings. The Morgan fingerprint density at radius 2 is 1.71 bits per heavy atom. The van der Waals surface area contributed by atoms with E-state index in [0.29, 0.717) is 18.5 Å². The van der Waals surface area contributed by atoms with Gasteiger partial charge in [0.2, 0.25) is 10.0 Å². The molecule has 3 aromatic rings. The monoisotopic (exact) mass is 491 g/mol. The van der Waals surface area contributed by atoms with Crippen LogP contribution in [-0.2, 0) is 10.0 Å². The fourth-order valence-electron chi connectivity index (χ4n) is 5.26. The van der Waals surface area contributed by atoms with Gasteiger partial charge in [-0.15, -0.1) is 0 Å². The molecular weight excluding hydrogens is 462 g/mol. The highest BCUT2D eigenvalue weighted by Gasteiger charge is 2.48. The minimum Gasteiger partial charge on any atom is -0.394 e. The van der Waals surface area contributed by atoms with E-state index in [0.717, 1.165) is 22.4 Å². The molecule has 182 valence electrons. The lowest BCUT2D eigenvalue weighted by Crippen LogP contribution is -2.42. The maximum absolute atomic E-state index is 13.6. The molecule has 1 saturated heterocycles. The summed E-state index contributed by atoms with van der Waals surface area (Å²) in [5.41, 5.74) is 4.24. The zero-order valence-electron chi connectivity index (χ0n) is 19.8. The van der Waals surface area contributed by atoms with Gasteiger partial charge in [0.1, 0.15) is 0 Å². The van der Waals surface area contributed by atoms with Gasteiger partial charge in [-0.2, -0.15) is 4.31 Å². The fraction of sp³-hybridized carbons (Fsp3) is 0.296. The molecule has 0 spiro atoms. The maximum atomic E-state index is 13.6. The Hall–Kier alpha value is -3.20. The second kappa shape index (κ2) is 9.11. The summed E-state index contributed by atoms with van der Waals surface area (Å²) in [5, 5.41) is 13.5. The lowest BCUT2D eigenvalue weighted by Gasteiger charge is -2.39. The van der Waals surface area contributed by atoms with Gasteiger partial charge < -0.3 is 15.3 Å². The highest BCUT2D eigenvalue weighted by Crippen LogP contribution is 2.49. The first-order valence-corrected chi connectivity index (χ1v) is 13.2. The lowest BCUT2D eigenvalue weighted by molar-refractivity contribution is 0.0827. The van der Waals surface area contributed by atoms with Gasteiger partial charge in [-0.3, -0.25) is 4.79 Å². The Morgan fingerprint density at radius 3 is 2.37 bits per heavy atom. The SMILES string of the molecule is CN(C)C(=O)c1ccc(-c2ccc3c(c2)[C@H]2[C@H](CCN2S(=O)(=O)c2ccccc2)[C@H](CO)N3)cc1. The van der Waals surface area contributed by atoms with Crippen LogP contribution < -0.4 is 5.32 Å². The van der Waals surface area contributed by atoms with Crippen molar-refractivity contribution in [3.05, 3.63) is 83.9 Å². The van der Waals surface area contributed by atoms with Crippen LogP contribution in [0.15, 0.2) is 77.7 Å². The summed E-state index contributed by atoms with van der Waals surface area (Å²) in [5.74, 6) is -0.0990. The van der Waals surface area contributed by atoms with Crippen LogP contribution in [0.25, 0.3) is 11.1 Å². The molecule has 1 amide bonds. The highest BCUT2D eigenvalue weighted by atomic mass is 32.2. The number of fused-ring (bicyclic) bond motifs is 3. The van der Waals surface area contributed by atoms with Crippen molar-refractivity contribution in [1.82, 2.24) is 9.21 Å². The summed E-state index contributed by atoms with van der Waals surface area (Å²) in [6.45, 7) is 0.332. The van der Waals surface area contributed by atoms with Gasteiger partial charge in [-0.25, -0.2) is 8.42 Å². The summed E-state index contributed by atoms with van der Waals surface area (Å²) >= 11 is 0. The minimum atomic E-state index is -3.70. The van der Waals surface area contributed by atoms with Crippen molar-refractivity contribution in [1.29, 1.82) is 0 Å². The van der Waals surface area contributed by atoms with Crippen LogP contribution in [0.2, 0.25) is 0 Å². The van der Waals surface area contributed by atoms with E-state index in [-0.39, 0.29) is 35.4 Å². The molecule has 0 aromatic heterocycles. The standard InChI is InChI=1S/C27H29N3O4S/c1-29(2)27(32)19-10-8-18(9-11-19)20-12-13-24-23(16-20)26-22(25(17-31)28-24)14-15-30(26)35(33,34)21-6-4-3-5-7-21/h3-13,16,22,25-26,28,31H,14-15,17H2,1-2H3/t22-,25+,26-/m1/s1. The third kappa shape index (κ3) is 4.11. The largest absolute Gasteiger partial charge is 0.394 e. The Kier molecular flexibility index (Phi) is 6.13. The summed E-state index contributed by atoms with van der Waals surface area (Å²) in [6.07, 6.45) is 0.667. The van der Waals surface area contributed by atoms with Crippen molar-refractivity contribution >= 4 is 21.6 Å². The number of carbonyl (C=O) groups excluding carboxylic acids is 1. The molecule has 35 heavy (non-hydrogen) atoms. The van der Waals surface area contributed by atoms with Crippen molar-refractivity contribution < 1.29 is 18.3 Å². The predicted octanol–water partition coefficient (Wildman–Crippen LogP) is 3.59. The fourth-order valence-corrected chi connectivity index (χ4v) is 6.95. The quantitative estimate of drug-likeness (QED) is 0.569. The third-order valence-electron chi connectivity index (χ3n) is 7.04. The van der Waals surface area contributed by atoms with E-state index >= 15 is 0 Å². The highest BCUT2D eigenvalue weighted by molar-refractivity contribution is 7.89. The average Bonchev–Trinajstić information content (AvgIpc) is 3.35. The number of hydrogen-bond acceptors (Lipinski definition) is 5. The Bertz CT molecular complexity index is 1340. The summed E-state index contributed by atoms with van der Waals surface area (Å²) in [4.78, 5) is 14.1. The molecular formula is C27H29N3O4S. The zero-order chi connectivity index (χ0) is 24.7. The van der Waals surface area contributed by atoms with Gasteiger partial charge in [-0.1, -0.05) is 36.4 Å². The average molecular weight is 492 g/mol. The zero-order valence-corrected chi connectivity index (χ0v) is 20.6. The molecule has 0 aliphatic carbocycles. The van der Waals surface area contributed by atoms with Gasteiger partial charge in [0.05, 0.1) is 23.6 Å². The number of aliphatic hydroxyl groups excluding tert-OH is 1. The first-order chi connectivity index (χ1) is 16.8. The maximum Gasteiger partial charge on any atom is 0.253 e. The number of rotatable bonds is 5. The van der Waals surface area contributed by atoms with E-state index < -0.39 is 10.0 Å². The van der Waals surface area contributed by atoms with Gasteiger partial charge in [0.15, 0.2) is 0 Å². The van der Waals surface area contributed by atoms with Crippen LogP contribution in [0, 0.1) is 5.92 Å². The molecule has 7 nitrogen and oxygen atoms in total. The van der Waals surface area contributed by atoms with Gasteiger partial charge in [0, 0.05) is 37.8 Å². The van der Waals surface area contributed by atoms with Crippen LogP contribution in [-0.4, -0.2) is 61.9 Å². The number of benzene rings is 3. The molecule has 3 atom stereocenters. The topological polar surface area (TPSA) is 90.0 Å². The van der Waals surface area contributed by atoms with Gasteiger partial charge in [0.25, 0.3) is 5.91 Å². The Labute approximate surface area is 206 Å². The summed E-state index contributed by atoms with van der Waals surface area (Å²) in [7, 11) is -0.259. The molecule has 5 rings (SSSR count). The number of sulfonamides is 1. The number of nitrogens with one attached hydrogen (secondary N) is 1. The van der Waals surface area contributed by atoms with Gasteiger partial charge >= 0.3 is 0 Å². The Morgan fingerprint density at radius 1 is 1.03 bits per heavy atom. The molecule has 8 heteroatoms. The number of hydrogen-bond donors (Lipinski definition) is 2. The van der Waals surface area contributed by atoms with Crippen LogP contribution in [0.5, 0.6) is 0 Å². The summed E-state index contributed by atoms with van der Waals surface area (Å²) in [6, 6.07) is 21.3. The van der Waals surface area contributed by atoms with Crippen LogP contribution in [0.3, 0.4) is 0 Å². The Balaban J connectivity index is 1.55. The van der Waals surface area contributed by atoms with E-state index in [9.17, 15) is 18.3 Å². The summed E-state index contributed by atoms with van der Waals surface area (Å²) < 4.78 is 28.8. The molecule has 3 aromatic carbocycles. The number of carbonyl (C=O) groups is 1. The molecule has 0 saturated carbocycles. The van der Waals surface area contributed by atoms with E-state index in [2.05, 4.69) is 5.32 Å². The van der Waals surface area contributed by atoms with Crippen molar-refractivity contribution in [2.75, 3.05) is 32.6 Å².